The molecule has 0 bridgehead atoms. The van der Waals surface area contributed by atoms with Crippen LogP contribution in [-0.4, -0.2) is 24.5 Å². The Morgan fingerprint density at radius 2 is 1.71 bits per heavy atom. The molecule has 128 valence electrons. The van der Waals surface area contributed by atoms with Gasteiger partial charge in [-0.1, -0.05) is 43.1 Å². The highest BCUT2D eigenvalue weighted by atomic mass is 35.5. The Hall–Kier alpha value is -1.51. The van der Waals surface area contributed by atoms with E-state index in [1.165, 1.54) is 50.9 Å². The van der Waals surface area contributed by atoms with E-state index in [0.717, 1.165) is 16.5 Å². The van der Waals surface area contributed by atoms with Gasteiger partial charge < -0.3 is 9.64 Å². The Balaban J connectivity index is 1.65. The van der Waals surface area contributed by atoms with Gasteiger partial charge in [0.1, 0.15) is 11.5 Å². The molecule has 2 aromatic rings. The molecule has 1 saturated heterocycles. The molecule has 1 aliphatic rings. The summed E-state index contributed by atoms with van der Waals surface area (Å²) in [6, 6.07) is 15.9. The van der Waals surface area contributed by atoms with E-state index >= 15 is 0 Å². The number of likely N-dealkylation sites (tertiary alicyclic amines) is 1. The van der Waals surface area contributed by atoms with Crippen molar-refractivity contribution in [1.82, 2.24) is 4.90 Å². The van der Waals surface area contributed by atoms with E-state index in [1.54, 1.807) is 0 Å². The SMILES string of the molecule is CC(CCN1CCCCC1)c1ccccc1Oc1ccc(Cl)cc1. The summed E-state index contributed by atoms with van der Waals surface area (Å²) in [4.78, 5) is 2.60. The van der Waals surface area contributed by atoms with Gasteiger partial charge in [-0.2, -0.15) is 0 Å². The molecule has 0 N–H and O–H groups in total. The van der Waals surface area contributed by atoms with Gasteiger partial charge in [0.05, 0.1) is 0 Å². The zero-order valence-corrected chi connectivity index (χ0v) is 15.1. The molecule has 1 fully saturated rings. The number of nitrogens with zero attached hydrogens (tertiary/aromatic N) is 1. The molecule has 0 saturated carbocycles. The van der Waals surface area contributed by atoms with Crippen LogP contribution in [-0.2, 0) is 0 Å². The Morgan fingerprint density at radius 3 is 2.46 bits per heavy atom. The first kappa shape index (κ1) is 17.3. The Bertz CT molecular complexity index is 635. The van der Waals surface area contributed by atoms with E-state index in [2.05, 4.69) is 30.0 Å². The van der Waals surface area contributed by atoms with Crippen LogP contribution in [0, 0.1) is 0 Å². The predicted molar refractivity (Wildman–Crippen MR) is 101 cm³/mol. The Kier molecular flexibility index (Phi) is 6.17. The average Bonchev–Trinajstić information content (AvgIpc) is 2.63. The van der Waals surface area contributed by atoms with E-state index in [4.69, 9.17) is 16.3 Å². The van der Waals surface area contributed by atoms with Crippen LogP contribution in [0.4, 0.5) is 0 Å². The first-order chi connectivity index (χ1) is 11.7. The average molecular weight is 344 g/mol. The quantitative estimate of drug-likeness (QED) is 0.627. The normalized spacial score (nSPS) is 16.8. The topological polar surface area (TPSA) is 12.5 Å². The van der Waals surface area contributed by atoms with E-state index in [9.17, 15) is 0 Å². The smallest absolute Gasteiger partial charge is 0.130 e. The zero-order chi connectivity index (χ0) is 16.8. The molecule has 0 radical (unpaired) electrons. The molecule has 3 heteroatoms. The second-order valence-corrected chi connectivity index (χ2v) is 7.12. The van der Waals surface area contributed by atoms with Crippen molar-refractivity contribution in [3.63, 3.8) is 0 Å². The standard InChI is InChI=1S/C21H26ClNO/c1-17(13-16-23-14-5-2-6-15-23)20-7-3-4-8-21(20)24-19-11-9-18(22)10-12-19/h3-4,7-12,17H,2,5-6,13-16H2,1H3. The number of ether oxygens (including phenoxy) is 1. The molecule has 24 heavy (non-hydrogen) atoms. The van der Waals surface area contributed by atoms with Crippen molar-refractivity contribution >= 4 is 11.6 Å². The van der Waals surface area contributed by atoms with Gasteiger partial charge in [0.15, 0.2) is 0 Å². The number of para-hydroxylation sites is 1. The molecule has 0 aromatic heterocycles. The van der Waals surface area contributed by atoms with Crippen molar-refractivity contribution in [3.8, 4) is 11.5 Å². The minimum absolute atomic E-state index is 0.482. The fourth-order valence-electron chi connectivity index (χ4n) is 3.32. The third kappa shape index (κ3) is 4.75. The van der Waals surface area contributed by atoms with Gasteiger partial charge in [0.2, 0.25) is 0 Å². The summed E-state index contributed by atoms with van der Waals surface area (Å²) in [5.41, 5.74) is 1.28. The summed E-state index contributed by atoms with van der Waals surface area (Å²) >= 11 is 5.95. The van der Waals surface area contributed by atoms with Crippen molar-refractivity contribution in [2.24, 2.45) is 0 Å². The van der Waals surface area contributed by atoms with Gasteiger partial charge in [0.25, 0.3) is 0 Å². The first-order valence-corrected chi connectivity index (χ1v) is 9.35. The number of halogens is 1. The molecule has 1 heterocycles. The lowest BCUT2D eigenvalue weighted by Gasteiger charge is -2.27. The van der Waals surface area contributed by atoms with Crippen molar-refractivity contribution in [1.29, 1.82) is 0 Å². The molecule has 1 unspecified atom stereocenters. The van der Waals surface area contributed by atoms with Gasteiger partial charge in [-0.05, 0) is 80.7 Å². The van der Waals surface area contributed by atoms with E-state index < -0.39 is 0 Å². The van der Waals surface area contributed by atoms with Crippen LogP contribution in [0.15, 0.2) is 48.5 Å². The highest BCUT2D eigenvalue weighted by molar-refractivity contribution is 6.30. The fraction of sp³-hybridized carbons (Fsp3) is 0.429. The van der Waals surface area contributed by atoms with Gasteiger partial charge in [-0.15, -0.1) is 0 Å². The van der Waals surface area contributed by atoms with E-state index in [-0.39, 0.29) is 0 Å². The van der Waals surface area contributed by atoms with Crippen molar-refractivity contribution in [2.75, 3.05) is 19.6 Å². The highest BCUT2D eigenvalue weighted by Gasteiger charge is 2.15. The maximum atomic E-state index is 6.11. The van der Waals surface area contributed by atoms with Crippen LogP contribution < -0.4 is 4.74 Å². The van der Waals surface area contributed by atoms with Crippen LogP contribution in [0.2, 0.25) is 5.02 Å². The highest BCUT2D eigenvalue weighted by Crippen LogP contribution is 2.32. The third-order valence-corrected chi connectivity index (χ3v) is 5.07. The van der Waals surface area contributed by atoms with Gasteiger partial charge >= 0.3 is 0 Å². The largest absolute Gasteiger partial charge is 0.457 e. The van der Waals surface area contributed by atoms with Crippen LogP contribution in [0.5, 0.6) is 11.5 Å². The second-order valence-electron chi connectivity index (χ2n) is 6.69. The second kappa shape index (κ2) is 8.55. The Labute approximate surface area is 150 Å². The monoisotopic (exact) mass is 343 g/mol. The lowest BCUT2D eigenvalue weighted by molar-refractivity contribution is 0.222. The number of piperidine rings is 1. The molecule has 0 amide bonds. The van der Waals surface area contributed by atoms with Crippen LogP contribution in [0.1, 0.15) is 44.1 Å². The lowest BCUT2D eigenvalue weighted by atomic mass is 9.96. The minimum atomic E-state index is 0.482. The maximum absolute atomic E-state index is 6.11. The molecular weight excluding hydrogens is 318 g/mol. The van der Waals surface area contributed by atoms with Crippen molar-refractivity contribution < 1.29 is 4.74 Å². The lowest BCUT2D eigenvalue weighted by Crippen LogP contribution is -2.31. The summed E-state index contributed by atoms with van der Waals surface area (Å²) in [5, 5.41) is 0.727. The van der Waals surface area contributed by atoms with E-state index in [1.807, 2.05) is 30.3 Å². The fourth-order valence-corrected chi connectivity index (χ4v) is 3.45. The van der Waals surface area contributed by atoms with Gasteiger partial charge in [-0.3, -0.25) is 0 Å². The molecule has 0 spiro atoms. The summed E-state index contributed by atoms with van der Waals surface area (Å²) in [6.07, 6.45) is 5.26. The predicted octanol–water partition coefficient (Wildman–Crippen LogP) is 6.11. The Morgan fingerprint density at radius 1 is 1.00 bits per heavy atom. The molecule has 1 atom stereocenters. The van der Waals surface area contributed by atoms with Crippen molar-refractivity contribution in [3.05, 3.63) is 59.1 Å². The zero-order valence-electron chi connectivity index (χ0n) is 14.4. The summed E-state index contributed by atoms with van der Waals surface area (Å²) < 4.78 is 6.11. The van der Waals surface area contributed by atoms with Gasteiger partial charge in [0, 0.05) is 5.02 Å². The molecule has 1 aliphatic heterocycles. The van der Waals surface area contributed by atoms with Crippen LogP contribution in [0.3, 0.4) is 0 Å². The number of rotatable bonds is 6. The number of hydrogen-bond acceptors (Lipinski definition) is 2. The molecule has 2 aromatic carbocycles. The number of benzene rings is 2. The molecule has 2 nitrogen and oxygen atoms in total. The van der Waals surface area contributed by atoms with Crippen LogP contribution >= 0.6 is 11.6 Å². The van der Waals surface area contributed by atoms with Crippen molar-refractivity contribution in [2.45, 2.75) is 38.5 Å². The number of hydrogen-bond donors (Lipinski definition) is 0. The molecule has 0 aliphatic carbocycles. The van der Waals surface area contributed by atoms with Crippen LogP contribution in [0.25, 0.3) is 0 Å². The van der Waals surface area contributed by atoms with E-state index in [0.29, 0.717) is 5.92 Å². The minimum Gasteiger partial charge on any atom is -0.457 e. The summed E-state index contributed by atoms with van der Waals surface area (Å²) in [6.45, 7) is 6.00. The summed E-state index contributed by atoms with van der Waals surface area (Å²) in [7, 11) is 0. The maximum Gasteiger partial charge on any atom is 0.130 e. The molecular formula is C21H26ClNO. The first-order valence-electron chi connectivity index (χ1n) is 8.97. The summed E-state index contributed by atoms with van der Waals surface area (Å²) in [5.74, 6) is 2.26. The van der Waals surface area contributed by atoms with Gasteiger partial charge in [-0.25, -0.2) is 0 Å². The third-order valence-electron chi connectivity index (χ3n) is 4.82. The molecule has 3 rings (SSSR count).